The Morgan fingerprint density at radius 1 is 1.32 bits per heavy atom. The summed E-state index contributed by atoms with van der Waals surface area (Å²) in [7, 11) is 0. The second-order valence-corrected chi connectivity index (χ2v) is 5.14. The van der Waals surface area contributed by atoms with Crippen LogP contribution in [0.25, 0.3) is 0 Å². The maximum atomic E-state index is 11.1. The summed E-state index contributed by atoms with van der Waals surface area (Å²) in [5.41, 5.74) is 2.70. The lowest BCUT2D eigenvalue weighted by Crippen LogP contribution is -2.19. The number of carbonyl (C=O) groups is 1. The molecule has 2 aromatic rings. The van der Waals surface area contributed by atoms with Gasteiger partial charge in [-0.25, -0.2) is 4.68 Å². The van der Waals surface area contributed by atoms with Crippen molar-refractivity contribution in [3.63, 3.8) is 0 Å². The van der Waals surface area contributed by atoms with E-state index in [0.29, 0.717) is 11.6 Å². The minimum atomic E-state index is 0.109. The van der Waals surface area contributed by atoms with Crippen LogP contribution in [0.3, 0.4) is 0 Å². The first kappa shape index (κ1) is 12.1. The van der Waals surface area contributed by atoms with E-state index in [1.807, 2.05) is 22.9 Å². The molecule has 0 N–H and O–H groups in total. The van der Waals surface area contributed by atoms with Gasteiger partial charge < -0.3 is 0 Å². The smallest absolute Gasteiger partial charge is 0.172 e. The summed E-state index contributed by atoms with van der Waals surface area (Å²) in [4.78, 5) is 11.1. The third-order valence-electron chi connectivity index (χ3n) is 4.01. The molecule has 1 unspecified atom stereocenters. The molecule has 0 bridgehead atoms. The first-order valence-corrected chi connectivity index (χ1v) is 6.76. The predicted molar refractivity (Wildman–Crippen MR) is 72.3 cm³/mol. The van der Waals surface area contributed by atoms with Crippen molar-refractivity contribution in [1.29, 1.82) is 0 Å². The monoisotopic (exact) mass is 255 g/mol. The largest absolute Gasteiger partial charge is 0.296 e. The molecule has 3 rings (SSSR count). The topological polar surface area (TPSA) is 47.8 Å². The van der Waals surface area contributed by atoms with Crippen molar-refractivity contribution < 1.29 is 4.79 Å². The molecular weight excluding hydrogens is 238 g/mol. The van der Waals surface area contributed by atoms with Gasteiger partial charge in [-0.05, 0) is 25.3 Å². The summed E-state index contributed by atoms with van der Waals surface area (Å²) in [6.07, 6.45) is 4.33. The first-order chi connectivity index (χ1) is 9.31. The fraction of sp³-hybridized carbons (Fsp3) is 0.400. The van der Waals surface area contributed by atoms with Crippen molar-refractivity contribution in [3.8, 4) is 0 Å². The maximum absolute atomic E-state index is 11.1. The molecule has 1 heterocycles. The van der Waals surface area contributed by atoms with Crippen LogP contribution in [-0.2, 0) is 0 Å². The molecule has 0 radical (unpaired) electrons. The van der Waals surface area contributed by atoms with E-state index in [0.717, 1.165) is 24.8 Å². The van der Waals surface area contributed by atoms with Gasteiger partial charge in [0.25, 0.3) is 0 Å². The van der Waals surface area contributed by atoms with Crippen LogP contribution in [0.1, 0.15) is 59.9 Å². The molecule has 1 aliphatic carbocycles. The van der Waals surface area contributed by atoms with Crippen LogP contribution in [0, 0.1) is 0 Å². The van der Waals surface area contributed by atoms with Gasteiger partial charge in [0.1, 0.15) is 5.69 Å². The molecule has 4 nitrogen and oxygen atoms in total. The fourth-order valence-corrected chi connectivity index (χ4v) is 2.63. The number of aromatic nitrogens is 3. The summed E-state index contributed by atoms with van der Waals surface area (Å²) >= 11 is 0. The van der Waals surface area contributed by atoms with E-state index in [1.54, 1.807) is 0 Å². The van der Waals surface area contributed by atoms with Gasteiger partial charge in [0, 0.05) is 5.92 Å². The summed E-state index contributed by atoms with van der Waals surface area (Å²) in [5, 5.41) is 8.23. The van der Waals surface area contributed by atoms with Crippen molar-refractivity contribution in [1.82, 2.24) is 15.0 Å². The Hall–Kier alpha value is -1.97. The number of aldehydes is 1. The van der Waals surface area contributed by atoms with E-state index in [4.69, 9.17) is 0 Å². The minimum Gasteiger partial charge on any atom is -0.296 e. The maximum Gasteiger partial charge on any atom is 0.172 e. The van der Waals surface area contributed by atoms with Gasteiger partial charge in [0.05, 0.1) is 11.7 Å². The highest BCUT2D eigenvalue weighted by Gasteiger charge is 2.29. The second-order valence-electron chi connectivity index (χ2n) is 5.14. The van der Waals surface area contributed by atoms with Gasteiger partial charge in [-0.1, -0.05) is 42.0 Å². The molecule has 4 heteroatoms. The molecule has 1 aliphatic rings. The van der Waals surface area contributed by atoms with Crippen LogP contribution in [0.5, 0.6) is 0 Å². The number of nitrogens with zero attached hydrogens (tertiary/aromatic N) is 3. The van der Waals surface area contributed by atoms with Crippen LogP contribution in [0.4, 0.5) is 0 Å². The highest BCUT2D eigenvalue weighted by Crippen LogP contribution is 2.38. The second kappa shape index (κ2) is 4.96. The van der Waals surface area contributed by atoms with Crippen LogP contribution in [0.15, 0.2) is 30.3 Å². The van der Waals surface area contributed by atoms with Gasteiger partial charge in [-0.15, -0.1) is 5.10 Å². The number of hydrogen-bond acceptors (Lipinski definition) is 3. The lowest BCUT2D eigenvalue weighted by molar-refractivity contribution is 0.111. The zero-order valence-electron chi connectivity index (χ0n) is 11.0. The number of carbonyl (C=O) groups excluding carboxylic acids is 1. The summed E-state index contributed by atoms with van der Waals surface area (Å²) < 4.78 is 1.92. The molecule has 1 aromatic heterocycles. The molecule has 1 aromatic carbocycles. The lowest BCUT2D eigenvalue weighted by Gasteiger charge is -2.27. The Kier molecular flexibility index (Phi) is 3.15. The molecule has 0 spiro atoms. The van der Waals surface area contributed by atoms with Crippen LogP contribution < -0.4 is 0 Å². The molecular formula is C15H17N3O. The Bertz CT molecular complexity index is 572. The van der Waals surface area contributed by atoms with Gasteiger partial charge >= 0.3 is 0 Å². The van der Waals surface area contributed by atoms with E-state index in [2.05, 4.69) is 29.4 Å². The van der Waals surface area contributed by atoms with Crippen LogP contribution in [-0.4, -0.2) is 21.3 Å². The molecule has 1 fully saturated rings. The molecule has 1 atom stereocenters. The average molecular weight is 255 g/mol. The van der Waals surface area contributed by atoms with Crippen molar-refractivity contribution in [2.45, 2.75) is 38.1 Å². The van der Waals surface area contributed by atoms with E-state index in [1.165, 1.54) is 12.0 Å². The highest BCUT2D eigenvalue weighted by atomic mass is 16.1. The predicted octanol–water partition coefficient (Wildman–Crippen LogP) is 2.97. The van der Waals surface area contributed by atoms with E-state index < -0.39 is 0 Å². The standard InChI is InChI=1S/C15H17N3O/c1-11(12-6-3-2-4-7-12)18-15(13-8-5-9-13)14(10-19)16-17-18/h2-4,6-7,10-11,13H,5,8-9H2,1H3. The van der Waals surface area contributed by atoms with Crippen molar-refractivity contribution >= 4 is 6.29 Å². The minimum absolute atomic E-state index is 0.109. The molecule has 98 valence electrons. The number of rotatable bonds is 4. The first-order valence-electron chi connectivity index (χ1n) is 6.76. The summed E-state index contributed by atoms with van der Waals surface area (Å²) in [5.74, 6) is 0.446. The Labute approximate surface area is 112 Å². The SMILES string of the molecule is CC(c1ccccc1)n1nnc(C=O)c1C1CCC1. The summed E-state index contributed by atoms with van der Waals surface area (Å²) in [6, 6.07) is 10.3. The Balaban J connectivity index is 2.00. The van der Waals surface area contributed by atoms with E-state index >= 15 is 0 Å². The van der Waals surface area contributed by atoms with Gasteiger partial charge in [0.15, 0.2) is 6.29 Å². The van der Waals surface area contributed by atoms with Crippen LogP contribution in [0.2, 0.25) is 0 Å². The van der Waals surface area contributed by atoms with Gasteiger partial charge in [-0.3, -0.25) is 4.79 Å². The van der Waals surface area contributed by atoms with Crippen molar-refractivity contribution in [2.75, 3.05) is 0 Å². The highest BCUT2D eigenvalue weighted by molar-refractivity contribution is 5.73. The normalized spacial score (nSPS) is 16.9. The molecule has 0 aliphatic heterocycles. The zero-order chi connectivity index (χ0) is 13.2. The number of hydrogen-bond donors (Lipinski definition) is 0. The average Bonchev–Trinajstić information content (AvgIpc) is 2.80. The van der Waals surface area contributed by atoms with Gasteiger partial charge in [-0.2, -0.15) is 0 Å². The lowest BCUT2D eigenvalue weighted by atomic mass is 9.82. The summed E-state index contributed by atoms with van der Waals surface area (Å²) in [6.45, 7) is 2.10. The Morgan fingerprint density at radius 2 is 2.05 bits per heavy atom. The third-order valence-corrected chi connectivity index (χ3v) is 4.01. The van der Waals surface area contributed by atoms with E-state index in [9.17, 15) is 4.79 Å². The molecule has 0 saturated heterocycles. The molecule has 19 heavy (non-hydrogen) atoms. The molecule has 0 amide bonds. The quantitative estimate of drug-likeness (QED) is 0.789. The van der Waals surface area contributed by atoms with E-state index in [-0.39, 0.29) is 6.04 Å². The fourth-order valence-electron chi connectivity index (χ4n) is 2.63. The molecule has 1 saturated carbocycles. The van der Waals surface area contributed by atoms with Crippen molar-refractivity contribution in [3.05, 3.63) is 47.3 Å². The number of benzene rings is 1. The Morgan fingerprint density at radius 3 is 2.63 bits per heavy atom. The van der Waals surface area contributed by atoms with Gasteiger partial charge in [0.2, 0.25) is 0 Å². The van der Waals surface area contributed by atoms with Crippen molar-refractivity contribution in [2.24, 2.45) is 0 Å². The van der Waals surface area contributed by atoms with Crippen LogP contribution >= 0.6 is 0 Å². The zero-order valence-corrected chi connectivity index (χ0v) is 11.0. The third kappa shape index (κ3) is 2.07.